The summed E-state index contributed by atoms with van der Waals surface area (Å²) in [6.45, 7) is 2.39. The first kappa shape index (κ1) is 29.2. The van der Waals surface area contributed by atoms with Crippen molar-refractivity contribution in [2.24, 2.45) is 22.9 Å². The van der Waals surface area contributed by atoms with Gasteiger partial charge in [0.2, 0.25) is 0 Å². The molecule has 1 radical (unpaired) electrons. The van der Waals surface area contributed by atoms with Crippen molar-refractivity contribution in [3.8, 4) is 0 Å². The van der Waals surface area contributed by atoms with Crippen LogP contribution in [-0.4, -0.2) is 26.2 Å². The van der Waals surface area contributed by atoms with Gasteiger partial charge in [-0.3, -0.25) is 9.82 Å². The van der Waals surface area contributed by atoms with Crippen LogP contribution < -0.4 is 22.9 Å². The second kappa shape index (κ2) is 75.1. The number of hydrogen-bond donors (Lipinski definition) is 4. The summed E-state index contributed by atoms with van der Waals surface area (Å²) in [6, 6.07) is 0. The van der Waals surface area contributed by atoms with Gasteiger partial charge in [0.05, 0.1) is 0 Å². The topological polar surface area (TPSA) is 221 Å². The van der Waals surface area contributed by atoms with Gasteiger partial charge in [-0.05, 0) is 0 Å². The third-order valence-electron chi connectivity index (χ3n) is 0.333. The Bertz CT molecular complexity index is 105. The Kier molecular flexibility index (Phi) is 146. The van der Waals surface area contributed by atoms with E-state index in [1.807, 2.05) is 0 Å². The summed E-state index contributed by atoms with van der Waals surface area (Å²) in [4.78, 5) is 3.00. The Hall–Kier alpha value is -1.02. The van der Waals surface area contributed by atoms with Crippen LogP contribution in [0.25, 0.3) is 31.9 Å². The molecule has 0 aliphatic carbocycles. The van der Waals surface area contributed by atoms with Gasteiger partial charge in [0, 0.05) is 26.2 Å². The Labute approximate surface area is 98.7 Å². The van der Waals surface area contributed by atoms with E-state index in [0.29, 0.717) is 26.2 Å². The zero-order valence-corrected chi connectivity index (χ0v) is 9.06. The normalized spacial score (nSPS) is 5.07. The van der Waals surface area contributed by atoms with E-state index in [0.717, 1.165) is 0 Å². The summed E-state index contributed by atoms with van der Waals surface area (Å²) in [6.07, 6.45) is 0. The molecule has 0 heterocycles. The minimum Gasteiger partial charge on any atom is -0.373 e. The SMILES string of the molecule is NCCN.NCCN.[Cu+2].[N-]=[N+]=[N-].[N-]=[N+]=[N-]. The number of hydrogen-bond acceptors (Lipinski definition) is 4. The molecule has 0 aromatic rings. The van der Waals surface area contributed by atoms with Gasteiger partial charge in [0.15, 0.2) is 0 Å². The van der Waals surface area contributed by atoms with Gasteiger partial charge in [-0.2, -0.15) is 0 Å². The second-order valence-corrected chi connectivity index (χ2v) is 1.33. The predicted octanol–water partition coefficient (Wildman–Crippen LogP) is -0.463. The van der Waals surface area contributed by atoms with Gasteiger partial charge < -0.3 is 45.1 Å². The first-order valence-corrected chi connectivity index (χ1v) is 3.43. The molecular formula is C4H16CuN10. The van der Waals surface area contributed by atoms with Crippen LogP contribution in [0.15, 0.2) is 0 Å². The molecule has 8 N–H and O–H groups in total. The fourth-order valence-corrected chi connectivity index (χ4v) is 0. The maximum Gasteiger partial charge on any atom is 2.00 e. The number of rotatable bonds is 2. The van der Waals surface area contributed by atoms with E-state index in [9.17, 15) is 0 Å². The van der Waals surface area contributed by atoms with Gasteiger partial charge in [-0.1, -0.05) is 0 Å². The van der Waals surface area contributed by atoms with Crippen LogP contribution in [-0.2, 0) is 17.1 Å². The average Bonchev–Trinajstić information content (AvgIpc) is 2.20. The third-order valence-corrected chi connectivity index (χ3v) is 0.333. The van der Waals surface area contributed by atoms with E-state index in [4.69, 9.17) is 45.1 Å². The summed E-state index contributed by atoms with van der Waals surface area (Å²) in [5.41, 5.74) is 46.6. The molecule has 11 heteroatoms. The standard InChI is InChI=1S/2C2H8N2.Cu.2N3/c2*3-1-2-4;;2*1-3-2/h2*1-4H2;;;/q;;+2;2*-1. The molecule has 0 aromatic heterocycles. The van der Waals surface area contributed by atoms with Gasteiger partial charge in [-0.15, -0.1) is 0 Å². The zero-order chi connectivity index (χ0) is 12.2. The fraction of sp³-hybridized carbons (Fsp3) is 1.00. The molecular weight excluding hydrogens is 252 g/mol. The molecule has 0 aliphatic heterocycles. The van der Waals surface area contributed by atoms with E-state index in [2.05, 4.69) is 0 Å². The molecule has 0 rings (SSSR count). The maximum absolute atomic E-state index is 6.75. The largest absolute Gasteiger partial charge is 2.00 e. The van der Waals surface area contributed by atoms with E-state index in [1.54, 1.807) is 0 Å². The molecule has 15 heavy (non-hydrogen) atoms. The fourth-order valence-electron chi connectivity index (χ4n) is 0. The minimum atomic E-state index is 0. The summed E-state index contributed by atoms with van der Waals surface area (Å²) < 4.78 is 0. The minimum absolute atomic E-state index is 0. The van der Waals surface area contributed by atoms with Crippen molar-refractivity contribution >= 4 is 0 Å². The van der Waals surface area contributed by atoms with Crippen LogP contribution in [0.4, 0.5) is 0 Å². The van der Waals surface area contributed by atoms with Gasteiger partial charge in [-0.25, -0.2) is 0 Å². The van der Waals surface area contributed by atoms with E-state index in [1.165, 1.54) is 9.82 Å². The Morgan fingerprint density at radius 2 is 0.667 bits per heavy atom. The first-order valence-electron chi connectivity index (χ1n) is 3.43. The quantitative estimate of drug-likeness (QED) is 0.225. The smallest absolute Gasteiger partial charge is 0.373 e. The van der Waals surface area contributed by atoms with Crippen molar-refractivity contribution in [3.63, 3.8) is 0 Å². The summed E-state index contributed by atoms with van der Waals surface area (Å²) in [7, 11) is 0. The molecule has 0 saturated heterocycles. The molecule has 0 saturated carbocycles. The van der Waals surface area contributed by atoms with Crippen LogP contribution in [0.3, 0.4) is 0 Å². The molecule has 0 unspecified atom stereocenters. The van der Waals surface area contributed by atoms with E-state index in [-0.39, 0.29) is 17.1 Å². The van der Waals surface area contributed by atoms with Crippen LogP contribution >= 0.6 is 0 Å². The molecule has 0 atom stereocenters. The maximum atomic E-state index is 6.75. The van der Waals surface area contributed by atoms with Gasteiger partial charge >= 0.3 is 17.1 Å². The van der Waals surface area contributed by atoms with Crippen LogP contribution in [0, 0.1) is 0 Å². The number of nitrogens with two attached hydrogens (primary N) is 4. The molecule has 10 nitrogen and oxygen atoms in total. The van der Waals surface area contributed by atoms with Crippen LogP contribution in [0.2, 0.25) is 0 Å². The predicted molar refractivity (Wildman–Crippen MR) is 56.4 cm³/mol. The Morgan fingerprint density at radius 1 is 0.600 bits per heavy atom. The molecule has 0 amide bonds. The average molecular weight is 268 g/mol. The van der Waals surface area contributed by atoms with Crippen LogP contribution in [0.5, 0.6) is 0 Å². The molecule has 0 spiro atoms. The van der Waals surface area contributed by atoms with Crippen molar-refractivity contribution in [2.75, 3.05) is 26.2 Å². The molecule has 0 aliphatic rings. The van der Waals surface area contributed by atoms with Crippen molar-refractivity contribution in [1.29, 1.82) is 0 Å². The van der Waals surface area contributed by atoms with Gasteiger partial charge in [0.1, 0.15) is 0 Å². The number of nitrogens with zero attached hydrogens (tertiary/aromatic N) is 6. The summed E-state index contributed by atoms with van der Waals surface area (Å²) >= 11 is 0. The van der Waals surface area contributed by atoms with Crippen molar-refractivity contribution in [3.05, 3.63) is 31.9 Å². The Balaban J connectivity index is -0.0000000293. The van der Waals surface area contributed by atoms with Crippen molar-refractivity contribution < 1.29 is 17.1 Å². The van der Waals surface area contributed by atoms with Crippen molar-refractivity contribution in [2.45, 2.75) is 0 Å². The molecule has 93 valence electrons. The second-order valence-electron chi connectivity index (χ2n) is 1.33. The van der Waals surface area contributed by atoms with Gasteiger partial charge in [0.25, 0.3) is 0 Å². The molecule has 0 bridgehead atoms. The monoisotopic (exact) mass is 267 g/mol. The summed E-state index contributed by atoms with van der Waals surface area (Å²) in [5.74, 6) is 0. The van der Waals surface area contributed by atoms with Crippen molar-refractivity contribution in [1.82, 2.24) is 0 Å². The van der Waals surface area contributed by atoms with Crippen LogP contribution in [0.1, 0.15) is 0 Å². The molecule has 0 aromatic carbocycles. The van der Waals surface area contributed by atoms with E-state index < -0.39 is 0 Å². The zero-order valence-electron chi connectivity index (χ0n) is 8.12. The third kappa shape index (κ3) is 1630. The molecule has 0 fully saturated rings. The van der Waals surface area contributed by atoms with E-state index >= 15 is 0 Å². The Morgan fingerprint density at radius 3 is 0.667 bits per heavy atom. The summed E-state index contributed by atoms with van der Waals surface area (Å²) in [5, 5.41) is 0. The first-order chi connectivity index (χ1) is 6.66.